The number of allylic oxidation sites excluding steroid dienone is 1. The zero-order chi connectivity index (χ0) is 29.7. The second-order valence-corrected chi connectivity index (χ2v) is 17.3. The van der Waals surface area contributed by atoms with Gasteiger partial charge in [-0.2, -0.15) is 8.42 Å². The summed E-state index contributed by atoms with van der Waals surface area (Å²) in [6.07, 6.45) is 25.9. The molecule has 1 unspecified atom stereocenters. The van der Waals surface area contributed by atoms with Crippen LogP contribution in [0.25, 0.3) is 0 Å². The predicted octanol–water partition coefficient (Wildman–Crippen LogP) is 9.73. The highest BCUT2D eigenvalue weighted by Crippen LogP contribution is 2.67. The summed E-state index contributed by atoms with van der Waals surface area (Å²) in [5.74, 6) is 5.41. The SMILES string of the molecule is CC(C)CCC[C@@H](C)[C@H]1CC[C@H]2[C@@H]3CC=C4CC(OCCCCCCCCOS(C)(=O)=O)CC[C@]4(C)[C@H]3CC[C@]12C. The predicted molar refractivity (Wildman–Crippen MR) is 171 cm³/mol. The zero-order valence-corrected chi connectivity index (χ0v) is 28.4. The van der Waals surface area contributed by atoms with Gasteiger partial charge >= 0.3 is 0 Å². The maximum atomic E-state index is 11.0. The summed E-state index contributed by atoms with van der Waals surface area (Å²) in [4.78, 5) is 0. The Morgan fingerprint density at radius 2 is 1.56 bits per heavy atom. The van der Waals surface area contributed by atoms with E-state index in [-0.39, 0.29) is 0 Å². The van der Waals surface area contributed by atoms with Crippen LogP contribution in [-0.2, 0) is 19.0 Å². The van der Waals surface area contributed by atoms with Gasteiger partial charge in [0.2, 0.25) is 0 Å². The molecule has 0 saturated heterocycles. The first kappa shape index (κ1) is 33.5. The number of hydrogen-bond donors (Lipinski definition) is 0. The molecular weight excluding hydrogens is 528 g/mol. The van der Waals surface area contributed by atoms with Gasteiger partial charge in [0.1, 0.15) is 0 Å². The van der Waals surface area contributed by atoms with Crippen molar-refractivity contribution in [3.63, 3.8) is 0 Å². The Morgan fingerprint density at radius 1 is 0.854 bits per heavy atom. The van der Waals surface area contributed by atoms with Crippen molar-refractivity contribution in [3.05, 3.63) is 11.6 Å². The van der Waals surface area contributed by atoms with Gasteiger partial charge < -0.3 is 4.74 Å². The van der Waals surface area contributed by atoms with Gasteiger partial charge in [-0.05, 0) is 111 Å². The maximum Gasteiger partial charge on any atom is 0.264 e. The first-order valence-corrected chi connectivity index (χ1v) is 19.4. The molecule has 5 heteroatoms. The Morgan fingerprint density at radius 3 is 2.27 bits per heavy atom. The Hall–Kier alpha value is -0.390. The van der Waals surface area contributed by atoms with Crippen molar-refractivity contribution in [1.29, 1.82) is 0 Å². The molecule has 0 N–H and O–H groups in total. The average Bonchev–Trinajstić information content (AvgIpc) is 3.26. The Balaban J connectivity index is 1.20. The minimum absolute atomic E-state index is 0.318. The average molecular weight is 593 g/mol. The van der Waals surface area contributed by atoms with Crippen molar-refractivity contribution < 1.29 is 17.3 Å². The van der Waals surface area contributed by atoms with Crippen molar-refractivity contribution in [2.24, 2.45) is 46.3 Å². The molecule has 3 saturated carbocycles. The van der Waals surface area contributed by atoms with Gasteiger partial charge in [-0.25, -0.2) is 0 Å². The molecular formula is C36H64O4S. The van der Waals surface area contributed by atoms with Gasteiger partial charge in [-0.3, -0.25) is 4.18 Å². The third-order valence-corrected chi connectivity index (χ3v) is 13.0. The molecule has 4 aliphatic rings. The van der Waals surface area contributed by atoms with Crippen LogP contribution in [0.15, 0.2) is 11.6 Å². The highest BCUT2D eigenvalue weighted by Gasteiger charge is 2.59. The minimum atomic E-state index is -3.29. The number of ether oxygens (including phenoxy) is 1. The topological polar surface area (TPSA) is 52.6 Å². The molecule has 0 amide bonds. The van der Waals surface area contributed by atoms with Crippen molar-refractivity contribution in [2.45, 2.75) is 150 Å². The van der Waals surface area contributed by atoms with E-state index in [1.807, 2.05) is 0 Å². The first-order chi connectivity index (χ1) is 19.4. The lowest BCUT2D eigenvalue weighted by Gasteiger charge is -2.58. The third kappa shape index (κ3) is 8.41. The van der Waals surface area contributed by atoms with Gasteiger partial charge in [0.05, 0.1) is 19.0 Å². The highest BCUT2D eigenvalue weighted by atomic mass is 32.2. The molecule has 0 aromatic heterocycles. The molecule has 0 aromatic rings. The lowest BCUT2D eigenvalue weighted by atomic mass is 9.47. The summed E-state index contributed by atoms with van der Waals surface area (Å²) >= 11 is 0. The van der Waals surface area contributed by atoms with Crippen molar-refractivity contribution in [3.8, 4) is 0 Å². The molecule has 238 valence electrons. The van der Waals surface area contributed by atoms with E-state index in [0.717, 1.165) is 80.5 Å². The van der Waals surface area contributed by atoms with Crippen LogP contribution in [0.5, 0.6) is 0 Å². The van der Waals surface area contributed by atoms with Crippen LogP contribution < -0.4 is 0 Å². The Labute approximate surface area is 254 Å². The molecule has 0 radical (unpaired) electrons. The lowest BCUT2D eigenvalue weighted by molar-refractivity contribution is -0.0641. The quantitative estimate of drug-likeness (QED) is 0.102. The van der Waals surface area contributed by atoms with Crippen LogP contribution in [0, 0.1) is 46.3 Å². The van der Waals surface area contributed by atoms with Gasteiger partial charge in [-0.15, -0.1) is 0 Å². The van der Waals surface area contributed by atoms with E-state index >= 15 is 0 Å². The van der Waals surface area contributed by atoms with E-state index in [1.54, 1.807) is 5.57 Å². The third-order valence-electron chi connectivity index (χ3n) is 12.4. The lowest BCUT2D eigenvalue weighted by Crippen LogP contribution is -2.51. The zero-order valence-electron chi connectivity index (χ0n) is 27.6. The van der Waals surface area contributed by atoms with E-state index in [9.17, 15) is 8.42 Å². The molecule has 4 aliphatic carbocycles. The summed E-state index contributed by atoms with van der Waals surface area (Å²) < 4.78 is 33.3. The summed E-state index contributed by atoms with van der Waals surface area (Å²) in [5.41, 5.74) is 2.72. The monoisotopic (exact) mass is 592 g/mol. The molecule has 41 heavy (non-hydrogen) atoms. The fraction of sp³-hybridized carbons (Fsp3) is 0.944. The molecule has 0 spiro atoms. The number of fused-ring (bicyclic) bond motifs is 5. The molecule has 0 heterocycles. The summed E-state index contributed by atoms with van der Waals surface area (Å²) in [5, 5.41) is 0. The molecule has 0 bridgehead atoms. The molecule has 4 nitrogen and oxygen atoms in total. The largest absolute Gasteiger partial charge is 0.378 e. The number of rotatable bonds is 16. The van der Waals surface area contributed by atoms with Crippen LogP contribution in [0.1, 0.15) is 144 Å². The molecule has 0 aromatic carbocycles. The normalized spacial score (nSPS) is 36.0. The fourth-order valence-corrected chi connectivity index (χ4v) is 10.6. The Kier molecular flexibility index (Phi) is 11.9. The van der Waals surface area contributed by atoms with Gasteiger partial charge in [0, 0.05) is 6.61 Å². The highest BCUT2D eigenvalue weighted by molar-refractivity contribution is 7.85. The van der Waals surface area contributed by atoms with Crippen LogP contribution in [0.2, 0.25) is 0 Å². The molecule has 4 rings (SSSR count). The molecule has 8 atom stereocenters. The van der Waals surface area contributed by atoms with Crippen LogP contribution in [0.3, 0.4) is 0 Å². The smallest absolute Gasteiger partial charge is 0.264 e. The number of hydrogen-bond acceptors (Lipinski definition) is 4. The first-order valence-electron chi connectivity index (χ1n) is 17.6. The van der Waals surface area contributed by atoms with Gasteiger partial charge in [0.25, 0.3) is 10.1 Å². The number of unbranched alkanes of at least 4 members (excludes halogenated alkanes) is 5. The van der Waals surface area contributed by atoms with Crippen molar-refractivity contribution >= 4 is 10.1 Å². The maximum absolute atomic E-state index is 11.0. The van der Waals surface area contributed by atoms with E-state index in [0.29, 0.717) is 23.5 Å². The molecule has 0 aliphatic heterocycles. The summed E-state index contributed by atoms with van der Waals surface area (Å²) in [6, 6.07) is 0. The van der Waals surface area contributed by atoms with Gasteiger partial charge in [-0.1, -0.05) is 91.2 Å². The fourth-order valence-electron chi connectivity index (χ4n) is 10.2. The standard InChI is InChI=1S/C36H64O4S/c1-27(2)14-13-15-28(3)32-18-19-33-31-17-16-29-26-30(20-22-35(29,4)34(31)21-23-36(32,33)5)39-24-11-9-7-8-10-12-25-40-41(6,37)38/h16,27-28,30-34H,7-15,17-26H2,1-6H3/t28-,30?,31+,32-,33+,34+,35+,36-/m1/s1. The molecule has 3 fully saturated rings. The van der Waals surface area contributed by atoms with Crippen LogP contribution >= 0.6 is 0 Å². The second-order valence-electron chi connectivity index (χ2n) is 15.7. The van der Waals surface area contributed by atoms with E-state index in [1.165, 1.54) is 77.0 Å². The van der Waals surface area contributed by atoms with Crippen LogP contribution in [-0.4, -0.2) is 34.0 Å². The minimum Gasteiger partial charge on any atom is -0.378 e. The van der Waals surface area contributed by atoms with Crippen molar-refractivity contribution in [2.75, 3.05) is 19.5 Å². The van der Waals surface area contributed by atoms with Gasteiger partial charge in [0.15, 0.2) is 0 Å². The van der Waals surface area contributed by atoms with E-state index in [2.05, 4.69) is 40.7 Å². The summed E-state index contributed by atoms with van der Waals surface area (Å²) in [6.45, 7) is 13.9. The van der Waals surface area contributed by atoms with E-state index in [4.69, 9.17) is 8.92 Å². The summed E-state index contributed by atoms with van der Waals surface area (Å²) in [7, 11) is -3.29. The van der Waals surface area contributed by atoms with Crippen LogP contribution in [0.4, 0.5) is 0 Å². The second kappa shape index (κ2) is 14.6. The Bertz CT molecular complexity index is 957. The van der Waals surface area contributed by atoms with Crippen molar-refractivity contribution in [1.82, 2.24) is 0 Å². The van der Waals surface area contributed by atoms with E-state index < -0.39 is 10.1 Å².